The van der Waals surface area contributed by atoms with E-state index >= 15 is 0 Å². The molecular formula is C12H9FN2O2. The first-order valence-electron chi connectivity index (χ1n) is 5.62. The third-order valence-electron chi connectivity index (χ3n) is 2.83. The fraction of sp³-hybridized carbons (Fsp3) is 0.167. The summed E-state index contributed by atoms with van der Waals surface area (Å²) < 4.78 is 21.4. The summed E-state index contributed by atoms with van der Waals surface area (Å²) in [5.74, 6) is -3.28. The van der Waals surface area contributed by atoms with Gasteiger partial charge in [0.1, 0.15) is 5.82 Å². The Morgan fingerprint density at radius 2 is 2.24 bits per heavy atom. The van der Waals surface area contributed by atoms with Crippen molar-refractivity contribution in [2.75, 3.05) is 0 Å². The van der Waals surface area contributed by atoms with Crippen molar-refractivity contribution >= 4 is 22.7 Å². The first-order chi connectivity index (χ1) is 8.50. The van der Waals surface area contributed by atoms with Gasteiger partial charge in [-0.1, -0.05) is 0 Å². The number of halogens is 1. The van der Waals surface area contributed by atoms with Crippen molar-refractivity contribution < 1.29 is 15.4 Å². The van der Waals surface area contributed by atoms with Crippen LogP contribution in [0.4, 0.5) is 4.39 Å². The average Bonchev–Trinajstić information content (AvgIpc) is 2.81. The minimum atomic E-state index is -1.68. The molecule has 1 unspecified atom stereocenters. The molecule has 3 rings (SSSR count). The Morgan fingerprint density at radius 3 is 2.94 bits per heavy atom. The first-order valence-corrected chi connectivity index (χ1v) is 5.12. The maximum atomic E-state index is 13.2. The molecule has 1 aromatic carbocycles. The number of carbonyl (C=O) groups is 2. The van der Waals surface area contributed by atoms with Gasteiger partial charge in [0.15, 0.2) is 0 Å². The van der Waals surface area contributed by atoms with Crippen LogP contribution in [0.3, 0.4) is 0 Å². The molecule has 86 valence electrons. The summed E-state index contributed by atoms with van der Waals surface area (Å²) in [6, 6.07) is 4.08. The molecule has 1 aromatic heterocycles. The molecule has 0 saturated carbocycles. The van der Waals surface area contributed by atoms with Gasteiger partial charge in [-0.2, -0.15) is 0 Å². The summed E-state index contributed by atoms with van der Waals surface area (Å²) in [6.45, 7) is 0. The molecule has 0 spiro atoms. The molecule has 0 bridgehead atoms. The van der Waals surface area contributed by atoms with E-state index < -0.39 is 23.5 Å². The molecule has 1 aliphatic rings. The van der Waals surface area contributed by atoms with Gasteiger partial charge >= 0.3 is 0 Å². The highest BCUT2D eigenvalue weighted by atomic mass is 19.1. The molecule has 1 fully saturated rings. The Kier molecular flexibility index (Phi) is 1.79. The average molecular weight is 233 g/mol. The summed E-state index contributed by atoms with van der Waals surface area (Å²) >= 11 is 0. The summed E-state index contributed by atoms with van der Waals surface area (Å²) in [7, 11) is 0. The zero-order chi connectivity index (χ0) is 12.9. The molecule has 17 heavy (non-hydrogen) atoms. The normalized spacial score (nSPS) is 25.1. The maximum Gasteiger partial charge on any atom is 0.234 e. The van der Waals surface area contributed by atoms with Gasteiger partial charge < -0.3 is 4.98 Å². The van der Waals surface area contributed by atoms with Crippen molar-refractivity contribution in [3.8, 4) is 0 Å². The molecule has 2 aromatic rings. The molecule has 1 saturated heterocycles. The summed E-state index contributed by atoms with van der Waals surface area (Å²) in [5, 5.41) is 2.56. The molecule has 2 N–H and O–H groups in total. The van der Waals surface area contributed by atoms with Gasteiger partial charge in [-0.15, -0.1) is 0 Å². The molecule has 1 aliphatic heterocycles. The van der Waals surface area contributed by atoms with E-state index in [1.165, 1.54) is 24.4 Å². The monoisotopic (exact) mass is 233 g/mol. The van der Waals surface area contributed by atoms with Gasteiger partial charge in [-0.25, -0.2) is 4.39 Å². The van der Waals surface area contributed by atoms with E-state index in [4.69, 9.17) is 1.37 Å². The van der Waals surface area contributed by atoms with E-state index in [1.807, 2.05) is 0 Å². The van der Waals surface area contributed by atoms with Gasteiger partial charge in [-0.3, -0.25) is 14.9 Å². The first kappa shape index (κ1) is 8.92. The smallest absolute Gasteiger partial charge is 0.234 e. The number of benzene rings is 1. The van der Waals surface area contributed by atoms with Crippen molar-refractivity contribution in [2.45, 2.75) is 12.3 Å². The number of imide groups is 1. The van der Waals surface area contributed by atoms with Gasteiger partial charge in [-0.05, 0) is 23.8 Å². The van der Waals surface area contributed by atoms with Crippen LogP contribution in [0, 0.1) is 5.82 Å². The fourth-order valence-electron chi connectivity index (χ4n) is 2.05. The molecule has 1 atom stereocenters. The third-order valence-corrected chi connectivity index (χ3v) is 2.83. The lowest BCUT2D eigenvalue weighted by atomic mass is 9.97. The molecular weight excluding hydrogens is 223 g/mol. The second-order valence-corrected chi connectivity index (χ2v) is 3.92. The van der Waals surface area contributed by atoms with Gasteiger partial charge in [0.2, 0.25) is 11.8 Å². The quantitative estimate of drug-likeness (QED) is 0.732. The van der Waals surface area contributed by atoms with E-state index in [1.54, 1.807) is 0 Å². The standard InChI is InChI=1S/C12H9FN2O2/c13-6-1-2-10-7(3-6)9(5-14-10)8-4-11(16)15-12(8)17/h1-3,5,8,14H,4H2,(H,15,16,17)/i8D. The van der Waals surface area contributed by atoms with E-state index in [2.05, 4.69) is 10.3 Å². The van der Waals surface area contributed by atoms with E-state index in [-0.39, 0.29) is 6.42 Å². The summed E-state index contributed by atoms with van der Waals surface area (Å²) in [6.07, 6.45) is 1.24. The number of H-pyrrole nitrogens is 1. The van der Waals surface area contributed by atoms with E-state index in [0.29, 0.717) is 16.5 Å². The maximum absolute atomic E-state index is 13.2. The number of carbonyl (C=O) groups excluding carboxylic acids is 2. The van der Waals surface area contributed by atoms with Gasteiger partial charge in [0.25, 0.3) is 0 Å². The van der Waals surface area contributed by atoms with Crippen molar-refractivity contribution in [2.24, 2.45) is 0 Å². The van der Waals surface area contributed by atoms with Crippen LogP contribution < -0.4 is 5.32 Å². The molecule has 0 radical (unpaired) electrons. The largest absolute Gasteiger partial charge is 0.361 e. The number of aromatic amines is 1. The van der Waals surface area contributed by atoms with Crippen LogP contribution >= 0.6 is 0 Å². The SMILES string of the molecule is [2H]C1(c2c[nH]c3ccc(F)cc23)CC(=O)NC1=O. The molecule has 2 heterocycles. The molecule has 2 amide bonds. The number of nitrogens with one attached hydrogen (secondary N) is 2. The number of aromatic nitrogens is 1. The highest BCUT2D eigenvalue weighted by Crippen LogP contribution is 2.30. The van der Waals surface area contributed by atoms with Crippen LogP contribution in [0.25, 0.3) is 10.9 Å². The Morgan fingerprint density at radius 1 is 1.41 bits per heavy atom. The van der Waals surface area contributed by atoms with E-state index in [0.717, 1.165) is 0 Å². The second kappa shape index (κ2) is 3.41. The highest BCUT2D eigenvalue weighted by molar-refractivity contribution is 6.07. The second-order valence-electron chi connectivity index (χ2n) is 3.92. The van der Waals surface area contributed by atoms with Crippen LogP contribution in [0.5, 0.6) is 0 Å². The summed E-state index contributed by atoms with van der Waals surface area (Å²) in [4.78, 5) is 25.8. The number of rotatable bonds is 1. The highest BCUT2D eigenvalue weighted by Gasteiger charge is 2.33. The summed E-state index contributed by atoms with van der Waals surface area (Å²) in [5.41, 5.74) is 0.950. The lowest BCUT2D eigenvalue weighted by molar-refractivity contribution is -0.125. The number of hydrogen-bond acceptors (Lipinski definition) is 2. The number of fused-ring (bicyclic) bond motifs is 1. The fourth-order valence-corrected chi connectivity index (χ4v) is 2.05. The Labute approximate surface area is 97.2 Å². The molecule has 4 nitrogen and oxygen atoms in total. The van der Waals surface area contributed by atoms with Gasteiger partial charge in [0, 0.05) is 24.9 Å². The lowest BCUT2D eigenvalue weighted by Gasteiger charge is -2.03. The van der Waals surface area contributed by atoms with Crippen molar-refractivity contribution in [1.29, 1.82) is 0 Å². The van der Waals surface area contributed by atoms with Crippen molar-refractivity contribution in [1.82, 2.24) is 10.3 Å². The predicted octanol–water partition coefficient (Wildman–Crippen LogP) is 1.44. The predicted molar refractivity (Wildman–Crippen MR) is 58.8 cm³/mol. The minimum Gasteiger partial charge on any atom is -0.361 e. The van der Waals surface area contributed by atoms with Crippen LogP contribution in [-0.2, 0) is 9.59 Å². The molecule has 5 heteroatoms. The topological polar surface area (TPSA) is 62.0 Å². The third kappa shape index (κ3) is 1.51. The zero-order valence-corrected chi connectivity index (χ0v) is 8.71. The van der Waals surface area contributed by atoms with Crippen LogP contribution in [0.2, 0.25) is 0 Å². The molecule has 0 aliphatic carbocycles. The van der Waals surface area contributed by atoms with Crippen molar-refractivity contribution in [3.05, 3.63) is 35.8 Å². The van der Waals surface area contributed by atoms with Crippen LogP contribution in [-0.4, -0.2) is 16.8 Å². The Balaban J connectivity index is 2.23. The van der Waals surface area contributed by atoms with Gasteiger partial charge in [0.05, 0.1) is 5.89 Å². The van der Waals surface area contributed by atoms with Crippen LogP contribution in [0.15, 0.2) is 24.4 Å². The lowest BCUT2D eigenvalue weighted by Crippen LogP contribution is -2.21. The van der Waals surface area contributed by atoms with Crippen molar-refractivity contribution in [3.63, 3.8) is 0 Å². The number of amides is 2. The minimum absolute atomic E-state index is 0.241. The number of hydrogen-bond donors (Lipinski definition) is 2. The Bertz CT molecular complexity index is 682. The Hall–Kier alpha value is -2.17. The zero-order valence-electron chi connectivity index (χ0n) is 9.71. The van der Waals surface area contributed by atoms with Crippen LogP contribution in [0.1, 0.15) is 19.2 Å². The van der Waals surface area contributed by atoms with E-state index in [9.17, 15) is 14.0 Å².